The molecule has 0 atom stereocenters. The predicted octanol–water partition coefficient (Wildman–Crippen LogP) is 1.42. The Morgan fingerprint density at radius 2 is 2.18 bits per heavy atom. The maximum Gasteiger partial charge on any atom is 0.324 e. The molecule has 0 bridgehead atoms. The highest BCUT2D eigenvalue weighted by molar-refractivity contribution is 5.94. The second-order valence-electron chi connectivity index (χ2n) is 3.12. The van der Waals surface area contributed by atoms with Gasteiger partial charge in [0.1, 0.15) is 5.75 Å². The molecule has 0 aliphatic carbocycles. The Kier molecular flexibility index (Phi) is 3.87. The first-order chi connectivity index (χ1) is 7.84. The minimum Gasteiger partial charge on any atom is -0.505 e. The third-order valence-corrected chi connectivity index (χ3v) is 1.81. The number of amides is 1. The zero-order chi connectivity index (χ0) is 13.1. The molecule has 8 heteroatoms. The van der Waals surface area contributed by atoms with Crippen LogP contribution in [0.25, 0.3) is 0 Å². The molecular formula is C9H8F4N2O2. The summed E-state index contributed by atoms with van der Waals surface area (Å²) < 4.78 is 48.5. The van der Waals surface area contributed by atoms with E-state index in [9.17, 15) is 22.4 Å². The number of pyridine rings is 1. The van der Waals surface area contributed by atoms with Gasteiger partial charge in [-0.3, -0.25) is 4.79 Å². The van der Waals surface area contributed by atoms with Crippen molar-refractivity contribution in [1.29, 1.82) is 0 Å². The van der Waals surface area contributed by atoms with Gasteiger partial charge in [-0.05, 0) is 12.1 Å². The molecule has 0 aromatic carbocycles. The van der Waals surface area contributed by atoms with Gasteiger partial charge >= 0.3 is 12.3 Å². The Bertz CT molecular complexity index is 412. The van der Waals surface area contributed by atoms with Gasteiger partial charge in [-0.1, -0.05) is 0 Å². The second-order valence-corrected chi connectivity index (χ2v) is 3.12. The summed E-state index contributed by atoms with van der Waals surface area (Å²) >= 11 is 0. The largest absolute Gasteiger partial charge is 0.505 e. The van der Waals surface area contributed by atoms with Gasteiger partial charge in [-0.25, -0.2) is 13.8 Å². The maximum atomic E-state index is 12.5. The number of carbonyl (C=O) groups is 1. The lowest BCUT2D eigenvalue weighted by molar-refractivity contribution is -0.123. The molecule has 4 nitrogen and oxygen atoms in total. The van der Waals surface area contributed by atoms with Crippen LogP contribution in [0, 0.1) is 0 Å². The fourth-order valence-corrected chi connectivity index (χ4v) is 0.931. The molecule has 0 saturated carbocycles. The van der Waals surface area contributed by atoms with Crippen LogP contribution in [0.5, 0.6) is 5.75 Å². The van der Waals surface area contributed by atoms with Crippen molar-refractivity contribution in [1.82, 2.24) is 10.3 Å². The van der Waals surface area contributed by atoms with Crippen LogP contribution in [0.15, 0.2) is 18.3 Å². The van der Waals surface area contributed by atoms with E-state index in [1.165, 1.54) is 6.07 Å². The highest BCUT2D eigenvalue weighted by Gasteiger charge is 2.41. The molecule has 1 rings (SSSR count). The minimum atomic E-state index is -4.32. The van der Waals surface area contributed by atoms with E-state index in [1.54, 1.807) is 5.32 Å². The zero-order valence-corrected chi connectivity index (χ0v) is 8.33. The summed E-state index contributed by atoms with van der Waals surface area (Å²) in [4.78, 5) is 14.7. The first kappa shape index (κ1) is 13.2. The van der Waals surface area contributed by atoms with E-state index >= 15 is 0 Å². The Labute approximate surface area is 93.3 Å². The molecule has 1 heterocycles. The lowest BCUT2D eigenvalue weighted by Crippen LogP contribution is -2.41. The summed E-state index contributed by atoms with van der Waals surface area (Å²) in [6.45, 7) is -1.53. The number of aromatic nitrogens is 1. The smallest absolute Gasteiger partial charge is 0.324 e. The molecule has 0 aliphatic rings. The molecule has 0 unspecified atom stereocenters. The molecule has 1 amide bonds. The summed E-state index contributed by atoms with van der Waals surface area (Å²) in [6.07, 6.45) is -2.72. The van der Waals surface area contributed by atoms with Crippen LogP contribution in [0.3, 0.4) is 0 Å². The third-order valence-electron chi connectivity index (χ3n) is 1.81. The summed E-state index contributed by atoms with van der Waals surface area (Å²) in [5.41, 5.74) is -0.502. The number of nitrogens with one attached hydrogen (secondary N) is 1. The van der Waals surface area contributed by atoms with E-state index in [0.717, 1.165) is 12.3 Å². The predicted molar refractivity (Wildman–Crippen MR) is 49.2 cm³/mol. The van der Waals surface area contributed by atoms with Gasteiger partial charge < -0.3 is 10.4 Å². The number of aromatic hydroxyl groups is 1. The molecule has 0 fully saturated rings. The number of halogens is 4. The number of nitrogens with zero attached hydrogens (tertiary/aromatic N) is 1. The summed E-state index contributed by atoms with van der Waals surface area (Å²) in [5.74, 6) is -5.99. The van der Waals surface area contributed by atoms with Crippen molar-refractivity contribution < 1.29 is 27.5 Å². The number of alkyl halides is 4. The van der Waals surface area contributed by atoms with Gasteiger partial charge in [0.05, 0.1) is 6.54 Å². The van der Waals surface area contributed by atoms with Crippen molar-refractivity contribution in [3.05, 3.63) is 24.0 Å². The lowest BCUT2D eigenvalue weighted by Gasteiger charge is -2.15. The average Bonchev–Trinajstić information content (AvgIpc) is 2.26. The first-order valence-electron chi connectivity index (χ1n) is 4.43. The van der Waals surface area contributed by atoms with Crippen molar-refractivity contribution in [3.63, 3.8) is 0 Å². The molecule has 0 radical (unpaired) electrons. The van der Waals surface area contributed by atoms with Crippen LogP contribution in [-0.2, 0) is 0 Å². The van der Waals surface area contributed by atoms with E-state index in [-0.39, 0.29) is 0 Å². The van der Waals surface area contributed by atoms with Crippen LogP contribution in [-0.4, -0.2) is 34.9 Å². The Morgan fingerprint density at radius 1 is 1.53 bits per heavy atom. The van der Waals surface area contributed by atoms with Crippen LogP contribution in [0.4, 0.5) is 17.6 Å². The van der Waals surface area contributed by atoms with Gasteiger partial charge in [-0.2, -0.15) is 8.78 Å². The van der Waals surface area contributed by atoms with E-state index in [1.807, 2.05) is 0 Å². The van der Waals surface area contributed by atoms with Gasteiger partial charge in [0, 0.05) is 6.20 Å². The second kappa shape index (κ2) is 4.98. The topological polar surface area (TPSA) is 62.2 Å². The molecule has 0 spiro atoms. The number of hydrogen-bond acceptors (Lipinski definition) is 3. The minimum absolute atomic E-state index is 0.502. The van der Waals surface area contributed by atoms with E-state index in [0.29, 0.717) is 0 Å². The molecule has 1 aromatic heterocycles. The Morgan fingerprint density at radius 3 is 2.71 bits per heavy atom. The molecule has 2 N–H and O–H groups in total. The Hall–Kier alpha value is -1.86. The highest BCUT2D eigenvalue weighted by atomic mass is 19.3. The normalized spacial score (nSPS) is 11.6. The quantitative estimate of drug-likeness (QED) is 0.796. The van der Waals surface area contributed by atoms with Crippen LogP contribution in [0.2, 0.25) is 0 Å². The molecule has 17 heavy (non-hydrogen) atoms. The first-order valence-corrected chi connectivity index (χ1v) is 4.43. The van der Waals surface area contributed by atoms with Gasteiger partial charge in [-0.15, -0.1) is 0 Å². The highest BCUT2D eigenvalue weighted by Crippen LogP contribution is 2.21. The fourth-order valence-electron chi connectivity index (χ4n) is 0.931. The summed E-state index contributed by atoms with van der Waals surface area (Å²) in [7, 11) is 0. The van der Waals surface area contributed by atoms with Gasteiger partial charge in [0.2, 0.25) is 0 Å². The molecule has 0 saturated heterocycles. The number of rotatable bonds is 4. The lowest BCUT2D eigenvalue weighted by atomic mass is 10.3. The summed E-state index contributed by atoms with van der Waals surface area (Å²) in [6, 6.07) is 2.44. The molecule has 94 valence electrons. The van der Waals surface area contributed by atoms with Gasteiger partial charge in [0.25, 0.3) is 5.91 Å². The van der Waals surface area contributed by atoms with Crippen molar-refractivity contribution >= 4 is 5.91 Å². The van der Waals surface area contributed by atoms with E-state index in [2.05, 4.69) is 4.98 Å². The van der Waals surface area contributed by atoms with Crippen molar-refractivity contribution in [2.24, 2.45) is 0 Å². The number of hydrogen-bond donors (Lipinski definition) is 2. The zero-order valence-electron chi connectivity index (χ0n) is 8.33. The summed E-state index contributed by atoms with van der Waals surface area (Å²) in [5, 5.41) is 10.7. The average molecular weight is 252 g/mol. The fraction of sp³-hybridized carbons (Fsp3) is 0.333. The number of carbonyl (C=O) groups excluding carboxylic acids is 1. The maximum absolute atomic E-state index is 12.5. The molecule has 0 aliphatic heterocycles. The van der Waals surface area contributed by atoms with Gasteiger partial charge in [0.15, 0.2) is 5.69 Å². The monoisotopic (exact) mass is 252 g/mol. The van der Waals surface area contributed by atoms with Crippen molar-refractivity contribution in [3.8, 4) is 5.75 Å². The van der Waals surface area contributed by atoms with Crippen molar-refractivity contribution in [2.75, 3.05) is 6.54 Å². The molecule has 1 aromatic rings. The van der Waals surface area contributed by atoms with E-state index in [4.69, 9.17) is 5.11 Å². The standard InChI is InChI=1S/C9H8F4N2O2/c10-8(11)9(12,13)4-15-7(17)6-5(16)2-1-3-14-6/h1-3,8,16H,4H2,(H,15,17). The van der Waals surface area contributed by atoms with Crippen LogP contribution >= 0.6 is 0 Å². The van der Waals surface area contributed by atoms with E-state index < -0.39 is 36.2 Å². The SMILES string of the molecule is O=C(NCC(F)(F)C(F)F)c1ncccc1O. The van der Waals surface area contributed by atoms with Crippen LogP contribution in [0.1, 0.15) is 10.5 Å². The third kappa shape index (κ3) is 3.30. The Balaban J connectivity index is 2.66. The molecular weight excluding hydrogens is 244 g/mol. The van der Waals surface area contributed by atoms with Crippen molar-refractivity contribution in [2.45, 2.75) is 12.3 Å². The van der Waals surface area contributed by atoms with Crippen LogP contribution < -0.4 is 5.32 Å².